The molecule has 0 bridgehead atoms. The van der Waals surface area contributed by atoms with Crippen molar-refractivity contribution in [3.05, 3.63) is 34.9 Å². The molecule has 1 amide bonds. The van der Waals surface area contributed by atoms with Crippen LogP contribution in [0.15, 0.2) is 24.3 Å². The molecule has 1 heterocycles. The smallest absolute Gasteiger partial charge is 0.224 e. The first-order valence-corrected chi connectivity index (χ1v) is 7.22. The molecule has 1 fully saturated rings. The Morgan fingerprint density at radius 3 is 2.84 bits per heavy atom. The summed E-state index contributed by atoms with van der Waals surface area (Å²) in [5.74, 6) is 0.548. The lowest BCUT2D eigenvalue weighted by molar-refractivity contribution is -0.121. The summed E-state index contributed by atoms with van der Waals surface area (Å²) < 4.78 is 0. The van der Waals surface area contributed by atoms with Crippen molar-refractivity contribution in [2.75, 3.05) is 6.54 Å². The minimum atomic E-state index is 0.0421. The van der Waals surface area contributed by atoms with Gasteiger partial charge in [-0.3, -0.25) is 4.79 Å². The topological polar surface area (TPSA) is 41.1 Å². The van der Waals surface area contributed by atoms with Crippen LogP contribution in [0, 0.1) is 5.92 Å². The Balaban J connectivity index is 1.96. The number of piperidine rings is 1. The summed E-state index contributed by atoms with van der Waals surface area (Å²) in [5, 5.41) is 7.19. The molecule has 0 aliphatic carbocycles. The second kappa shape index (κ2) is 6.40. The molecule has 2 N–H and O–H groups in total. The highest BCUT2D eigenvalue weighted by Crippen LogP contribution is 2.18. The molecule has 2 rings (SSSR count). The molecule has 104 valence electrons. The Kier molecular flexibility index (Phi) is 4.83. The molecule has 1 aromatic carbocycles. The maximum atomic E-state index is 12.1. The second-order valence-electron chi connectivity index (χ2n) is 5.37. The predicted octanol–water partition coefficient (Wildman–Crippen LogP) is 2.39. The summed E-state index contributed by atoms with van der Waals surface area (Å²) in [4.78, 5) is 12.1. The molecule has 1 aliphatic heterocycles. The number of amides is 1. The standard InChI is InChI=1S/C15H21ClN2O/c1-10-7-8-17-11(2)15(10)18-14(19)9-12-5-3-4-6-13(12)16/h3-6,10-11,15,17H,7-9H2,1-2H3,(H,18,19). The lowest BCUT2D eigenvalue weighted by Gasteiger charge is -2.36. The monoisotopic (exact) mass is 280 g/mol. The zero-order chi connectivity index (χ0) is 13.8. The van der Waals surface area contributed by atoms with Crippen LogP contribution in [0.5, 0.6) is 0 Å². The highest BCUT2D eigenvalue weighted by molar-refractivity contribution is 6.31. The van der Waals surface area contributed by atoms with Gasteiger partial charge in [0.05, 0.1) is 6.42 Å². The molecule has 0 aromatic heterocycles. The highest BCUT2D eigenvalue weighted by atomic mass is 35.5. The van der Waals surface area contributed by atoms with Gasteiger partial charge < -0.3 is 10.6 Å². The third-order valence-electron chi connectivity index (χ3n) is 3.85. The van der Waals surface area contributed by atoms with Gasteiger partial charge in [-0.15, -0.1) is 0 Å². The number of hydrogen-bond donors (Lipinski definition) is 2. The molecule has 3 nitrogen and oxygen atoms in total. The Morgan fingerprint density at radius 1 is 1.42 bits per heavy atom. The number of hydrogen-bond acceptors (Lipinski definition) is 2. The molecule has 3 atom stereocenters. The Hall–Kier alpha value is -1.06. The van der Waals surface area contributed by atoms with Crippen LogP contribution in [0.1, 0.15) is 25.8 Å². The maximum absolute atomic E-state index is 12.1. The van der Waals surface area contributed by atoms with Gasteiger partial charge in [0.1, 0.15) is 0 Å². The van der Waals surface area contributed by atoms with Crippen LogP contribution >= 0.6 is 11.6 Å². The Bertz CT molecular complexity index is 440. The number of carbonyl (C=O) groups is 1. The van der Waals surface area contributed by atoms with E-state index in [1.165, 1.54) is 0 Å². The molecule has 1 aliphatic rings. The zero-order valence-corrected chi connectivity index (χ0v) is 12.2. The summed E-state index contributed by atoms with van der Waals surface area (Å²) in [7, 11) is 0. The van der Waals surface area contributed by atoms with E-state index in [0.717, 1.165) is 18.5 Å². The van der Waals surface area contributed by atoms with E-state index in [4.69, 9.17) is 11.6 Å². The van der Waals surface area contributed by atoms with E-state index in [2.05, 4.69) is 24.5 Å². The normalized spacial score (nSPS) is 27.0. The van der Waals surface area contributed by atoms with Crippen LogP contribution in [0.3, 0.4) is 0 Å². The molecular weight excluding hydrogens is 260 g/mol. The predicted molar refractivity (Wildman–Crippen MR) is 78.3 cm³/mol. The summed E-state index contributed by atoms with van der Waals surface area (Å²) in [6.07, 6.45) is 1.44. The van der Waals surface area contributed by atoms with Crippen molar-refractivity contribution in [3.8, 4) is 0 Å². The molecule has 0 radical (unpaired) electrons. The van der Waals surface area contributed by atoms with Crippen LogP contribution in [-0.4, -0.2) is 24.5 Å². The average molecular weight is 281 g/mol. The van der Waals surface area contributed by atoms with Crippen molar-refractivity contribution < 1.29 is 4.79 Å². The Morgan fingerprint density at radius 2 is 2.16 bits per heavy atom. The third kappa shape index (κ3) is 3.71. The van der Waals surface area contributed by atoms with Crippen LogP contribution in [0.25, 0.3) is 0 Å². The van der Waals surface area contributed by atoms with Gasteiger partial charge >= 0.3 is 0 Å². The third-order valence-corrected chi connectivity index (χ3v) is 4.22. The molecule has 0 saturated carbocycles. The van der Waals surface area contributed by atoms with Crippen molar-refractivity contribution in [3.63, 3.8) is 0 Å². The minimum absolute atomic E-state index is 0.0421. The summed E-state index contributed by atoms with van der Waals surface area (Å²) in [5.41, 5.74) is 0.880. The van der Waals surface area contributed by atoms with Crippen LogP contribution in [0.4, 0.5) is 0 Å². The van der Waals surface area contributed by atoms with E-state index in [1.54, 1.807) is 0 Å². The quantitative estimate of drug-likeness (QED) is 0.893. The molecular formula is C15H21ClN2O. The van der Waals surface area contributed by atoms with Gasteiger partial charge in [-0.25, -0.2) is 0 Å². The molecule has 0 spiro atoms. The fraction of sp³-hybridized carbons (Fsp3) is 0.533. The molecule has 1 saturated heterocycles. The van der Waals surface area contributed by atoms with Crippen molar-refractivity contribution >= 4 is 17.5 Å². The number of nitrogens with one attached hydrogen (secondary N) is 2. The first-order valence-electron chi connectivity index (χ1n) is 6.84. The van der Waals surface area contributed by atoms with Crippen molar-refractivity contribution in [2.45, 2.75) is 38.8 Å². The van der Waals surface area contributed by atoms with Crippen LogP contribution in [0.2, 0.25) is 5.02 Å². The number of rotatable bonds is 3. The van der Waals surface area contributed by atoms with Crippen molar-refractivity contribution in [1.29, 1.82) is 0 Å². The van der Waals surface area contributed by atoms with Gasteiger partial charge in [-0.1, -0.05) is 36.7 Å². The van der Waals surface area contributed by atoms with Gasteiger partial charge in [0.25, 0.3) is 0 Å². The van der Waals surface area contributed by atoms with E-state index in [1.807, 2.05) is 24.3 Å². The SMILES string of the molecule is CC1CCNC(C)C1NC(=O)Cc1ccccc1Cl. The van der Waals surface area contributed by atoms with Crippen molar-refractivity contribution in [1.82, 2.24) is 10.6 Å². The average Bonchev–Trinajstić information content (AvgIpc) is 2.37. The molecule has 4 heteroatoms. The first-order chi connectivity index (χ1) is 9.08. The van der Waals surface area contributed by atoms with Crippen LogP contribution in [-0.2, 0) is 11.2 Å². The van der Waals surface area contributed by atoms with E-state index in [-0.39, 0.29) is 11.9 Å². The fourth-order valence-corrected chi connectivity index (χ4v) is 2.86. The molecule has 3 unspecified atom stereocenters. The minimum Gasteiger partial charge on any atom is -0.351 e. The second-order valence-corrected chi connectivity index (χ2v) is 5.78. The van der Waals surface area contributed by atoms with E-state index in [0.29, 0.717) is 23.4 Å². The van der Waals surface area contributed by atoms with E-state index >= 15 is 0 Å². The fourth-order valence-electron chi connectivity index (χ4n) is 2.66. The highest BCUT2D eigenvalue weighted by Gasteiger charge is 2.28. The van der Waals surface area contributed by atoms with Gasteiger partial charge in [-0.2, -0.15) is 0 Å². The molecule has 1 aromatic rings. The lowest BCUT2D eigenvalue weighted by atomic mass is 9.89. The van der Waals surface area contributed by atoms with Gasteiger partial charge in [-0.05, 0) is 37.4 Å². The summed E-state index contributed by atoms with van der Waals surface area (Å²) in [6.45, 7) is 5.34. The lowest BCUT2D eigenvalue weighted by Crippen LogP contribution is -2.56. The zero-order valence-electron chi connectivity index (χ0n) is 11.4. The van der Waals surface area contributed by atoms with Crippen molar-refractivity contribution in [2.24, 2.45) is 5.92 Å². The van der Waals surface area contributed by atoms with Gasteiger partial charge in [0, 0.05) is 17.1 Å². The Labute approximate surface area is 119 Å². The summed E-state index contributed by atoms with van der Waals surface area (Å²) in [6, 6.07) is 8.01. The largest absolute Gasteiger partial charge is 0.351 e. The summed E-state index contributed by atoms with van der Waals surface area (Å²) >= 11 is 6.08. The van der Waals surface area contributed by atoms with Gasteiger partial charge in [0.2, 0.25) is 5.91 Å². The number of halogens is 1. The van der Waals surface area contributed by atoms with E-state index < -0.39 is 0 Å². The maximum Gasteiger partial charge on any atom is 0.224 e. The van der Waals surface area contributed by atoms with Crippen LogP contribution < -0.4 is 10.6 Å². The number of benzene rings is 1. The number of carbonyl (C=O) groups excluding carboxylic acids is 1. The van der Waals surface area contributed by atoms with Gasteiger partial charge in [0.15, 0.2) is 0 Å². The first kappa shape index (κ1) is 14.4. The van der Waals surface area contributed by atoms with E-state index in [9.17, 15) is 4.79 Å². The molecule has 19 heavy (non-hydrogen) atoms.